The van der Waals surface area contributed by atoms with Crippen molar-refractivity contribution in [2.45, 2.75) is 78.1 Å². The normalized spacial score (nSPS) is 46.5. The SMILES string of the molecule is C[C@]12CC[C@H]3[C@@H](CCC4CCCC[C@@]43C)[C@@H]1CC(=Cc1ccccc1)C2. The summed E-state index contributed by atoms with van der Waals surface area (Å²) in [7, 11) is 0. The van der Waals surface area contributed by atoms with Crippen molar-refractivity contribution in [1.82, 2.24) is 0 Å². The molecule has 0 N–H and O–H groups in total. The zero-order valence-electron chi connectivity index (χ0n) is 16.8. The molecule has 1 aromatic carbocycles. The Morgan fingerprint density at radius 1 is 0.885 bits per heavy atom. The molecule has 0 bridgehead atoms. The van der Waals surface area contributed by atoms with E-state index < -0.39 is 0 Å². The molecule has 4 fully saturated rings. The number of hydrogen-bond acceptors (Lipinski definition) is 0. The molecule has 0 aromatic heterocycles. The molecule has 1 aromatic rings. The number of allylic oxidation sites excluding steroid dienone is 1. The Morgan fingerprint density at radius 2 is 1.73 bits per heavy atom. The van der Waals surface area contributed by atoms with E-state index in [9.17, 15) is 0 Å². The van der Waals surface area contributed by atoms with Crippen LogP contribution in [-0.2, 0) is 0 Å². The number of fused-ring (bicyclic) bond motifs is 5. The highest BCUT2D eigenvalue weighted by Crippen LogP contribution is 2.66. The molecule has 0 nitrogen and oxygen atoms in total. The fourth-order valence-corrected chi connectivity index (χ4v) is 8.07. The fourth-order valence-electron chi connectivity index (χ4n) is 8.07. The van der Waals surface area contributed by atoms with Gasteiger partial charge in [-0.15, -0.1) is 0 Å². The van der Waals surface area contributed by atoms with Crippen molar-refractivity contribution < 1.29 is 0 Å². The first-order chi connectivity index (χ1) is 12.6. The Labute approximate surface area is 160 Å². The van der Waals surface area contributed by atoms with Crippen LogP contribution in [0.4, 0.5) is 0 Å². The maximum atomic E-state index is 2.70. The van der Waals surface area contributed by atoms with Crippen LogP contribution in [0.3, 0.4) is 0 Å². The Balaban J connectivity index is 1.42. The van der Waals surface area contributed by atoms with Gasteiger partial charge in [-0.2, -0.15) is 0 Å². The lowest BCUT2D eigenvalue weighted by Crippen LogP contribution is -2.51. The average Bonchev–Trinajstić information content (AvgIpc) is 2.98. The first-order valence-corrected chi connectivity index (χ1v) is 11.3. The quantitative estimate of drug-likeness (QED) is 0.493. The lowest BCUT2D eigenvalue weighted by Gasteiger charge is -2.59. The third-order valence-electron chi connectivity index (χ3n) is 9.38. The van der Waals surface area contributed by atoms with Crippen LogP contribution in [0.2, 0.25) is 0 Å². The second-order valence-electron chi connectivity index (χ2n) is 10.7. The third kappa shape index (κ3) is 2.62. The summed E-state index contributed by atoms with van der Waals surface area (Å²) in [6.07, 6.45) is 17.4. The van der Waals surface area contributed by atoms with E-state index >= 15 is 0 Å². The summed E-state index contributed by atoms with van der Waals surface area (Å²) in [6, 6.07) is 11.0. The van der Waals surface area contributed by atoms with Crippen molar-refractivity contribution in [3.05, 3.63) is 41.5 Å². The number of hydrogen-bond donors (Lipinski definition) is 0. The Bertz CT molecular complexity index is 685. The van der Waals surface area contributed by atoms with E-state index in [1.807, 2.05) is 0 Å². The summed E-state index contributed by atoms with van der Waals surface area (Å²) in [5.41, 5.74) is 4.40. The Hall–Kier alpha value is -1.04. The van der Waals surface area contributed by atoms with Gasteiger partial charge >= 0.3 is 0 Å². The van der Waals surface area contributed by atoms with Crippen molar-refractivity contribution in [3.63, 3.8) is 0 Å². The van der Waals surface area contributed by atoms with Crippen LogP contribution in [0, 0.1) is 34.5 Å². The molecule has 0 heterocycles. The number of rotatable bonds is 1. The van der Waals surface area contributed by atoms with E-state index in [1.165, 1.54) is 69.8 Å². The molecule has 4 aliphatic rings. The van der Waals surface area contributed by atoms with Gasteiger partial charge in [-0.3, -0.25) is 0 Å². The van der Waals surface area contributed by atoms with Crippen molar-refractivity contribution in [1.29, 1.82) is 0 Å². The molecule has 4 aliphatic carbocycles. The van der Waals surface area contributed by atoms with Gasteiger partial charge in [0.2, 0.25) is 0 Å². The minimum Gasteiger partial charge on any atom is -0.0688 e. The average molecular weight is 349 g/mol. The lowest BCUT2D eigenvalue weighted by molar-refractivity contribution is -0.103. The largest absolute Gasteiger partial charge is 0.0688 e. The summed E-state index contributed by atoms with van der Waals surface area (Å²) in [5.74, 6) is 4.03. The van der Waals surface area contributed by atoms with Crippen molar-refractivity contribution in [2.24, 2.45) is 34.5 Å². The number of benzene rings is 1. The fraction of sp³-hybridized carbons (Fsp3) is 0.692. The van der Waals surface area contributed by atoms with Gasteiger partial charge in [0.05, 0.1) is 0 Å². The molecule has 0 aliphatic heterocycles. The van der Waals surface area contributed by atoms with Crippen LogP contribution in [0.5, 0.6) is 0 Å². The van der Waals surface area contributed by atoms with Crippen molar-refractivity contribution in [3.8, 4) is 0 Å². The van der Waals surface area contributed by atoms with E-state index in [0.29, 0.717) is 10.8 Å². The minimum absolute atomic E-state index is 0.583. The van der Waals surface area contributed by atoms with Crippen LogP contribution in [-0.4, -0.2) is 0 Å². The standard InChI is InChI=1S/C26H36/c1-25-15-13-23-22(12-11-21-10-6-7-14-26(21,23)2)24(25)17-20(18-25)16-19-8-4-3-5-9-19/h3-5,8-9,16,21-24H,6-7,10-15,17-18H2,1-2H3/t21?,22-,23+,24+,25-,26+/m1/s1. The zero-order valence-corrected chi connectivity index (χ0v) is 16.8. The van der Waals surface area contributed by atoms with Gasteiger partial charge in [0.25, 0.3) is 0 Å². The zero-order chi connectivity index (χ0) is 17.8. The van der Waals surface area contributed by atoms with Crippen LogP contribution in [0.25, 0.3) is 6.08 Å². The first-order valence-electron chi connectivity index (χ1n) is 11.3. The molecule has 5 rings (SSSR count). The molecule has 0 radical (unpaired) electrons. The van der Waals surface area contributed by atoms with Gasteiger partial charge in [-0.1, -0.05) is 68.7 Å². The van der Waals surface area contributed by atoms with E-state index in [4.69, 9.17) is 0 Å². The highest BCUT2D eigenvalue weighted by Gasteiger charge is 2.57. The summed E-state index contributed by atoms with van der Waals surface area (Å²) in [6.45, 7) is 5.33. The highest BCUT2D eigenvalue weighted by molar-refractivity contribution is 5.54. The molecular weight excluding hydrogens is 312 g/mol. The van der Waals surface area contributed by atoms with Crippen LogP contribution < -0.4 is 0 Å². The van der Waals surface area contributed by atoms with Gasteiger partial charge in [0.1, 0.15) is 0 Å². The molecule has 6 atom stereocenters. The molecule has 26 heavy (non-hydrogen) atoms. The third-order valence-corrected chi connectivity index (χ3v) is 9.38. The molecule has 4 saturated carbocycles. The minimum atomic E-state index is 0.583. The van der Waals surface area contributed by atoms with Crippen LogP contribution in [0.1, 0.15) is 83.6 Å². The smallest absolute Gasteiger partial charge is 0.0254 e. The topological polar surface area (TPSA) is 0 Å². The highest BCUT2D eigenvalue weighted by atomic mass is 14.6. The Morgan fingerprint density at radius 3 is 2.58 bits per heavy atom. The van der Waals surface area contributed by atoms with Gasteiger partial charge in [-0.05, 0) is 91.4 Å². The van der Waals surface area contributed by atoms with Crippen molar-refractivity contribution >= 4 is 6.08 Å². The molecule has 0 spiro atoms. The van der Waals surface area contributed by atoms with Gasteiger partial charge < -0.3 is 0 Å². The van der Waals surface area contributed by atoms with Gasteiger partial charge in [-0.25, -0.2) is 0 Å². The molecule has 0 saturated heterocycles. The van der Waals surface area contributed by atoms with E-state index in [1.54, 1.807) is 5.57 Å². The summed E-state index contributed by atoms with van der Waals surface area (Å²) >= 11 is 0. The maximum Gasteiger partial charge on any atom is -0.0254 e. The molecule has 0 heteroatoms. The lowest BCUT2D eigenvalue weighted by atomic mass is 9.45. The predicted molar refractivity (Wildman–Crippen MR) is 111 cm³/mol. The second-order valence-corrected chi connectivity index (χ2v) is 10.7. The summed E-state index contributed by atoms with van der Waals surface area (Å²) in [5, 5.41) is 0. The molecule has 1 unspecified atom stereocenters. The van der Waals surface area contributed by atoms with Gasteiger partial charge in [0, 0.05) is 0 Å². The monoisotopic (exact) mass is 348 g/mol. The first kappa shape index (κ1) is 17.1. The molecular formula is C26H36. The predicted octanol–water partition coefficient (Wildman–Crippen LogP) is 7.50. The van der Waals surface area contributed by atoms with E-state index in [0.717, 1.165) is 23.7 Å². The maximum absolute atomic E-state index is 2.70. The van der Waals surface area contributed by atoms with Gasteiger partial charge in [0.15, 0.2) is 0 Å². The summed E-state index contributed by atoms with van der Waals surface area (Å²) in [4.78, 5) is 0. The Kier molecular flexibility index (Phi) is 4.11. The molecule has 140 valence electrons. The van der Waals surface area contributed by atoms with E-state index in [-0.39, 0.29) is 0 Å². The summed E-state index contributed by atoms with van der Waals surface area (Å²) < 4.78 is 0. The molecule has 0 amide bonds. The van der Waals surface area contributed by atoms with Crippen LogP contribution >= 0.6 is 0 Å². The van der Waals surface area contributed by atoms with Crippen LogP contribution in [0.15, 0.2) is 35.9 Å². The second kappa shape index (κ2) is 6.25. The van der Waals surface area contributed by atoms with Crippen molar-refractivity contribution in [2.75, 3.05) is 0 Å². The van der Waals surface area contributed by atoms with E-state index in [2.05, 4.69) is 50.3 Å².